The second-order valence-corrected chi connectivity index (χ2v) is 3.24. The standard InChI is InChI=1S/C8H7NO4S/c10-7(11)5(8(12)13)4-9-6-2-1-3-14-6/h1-4,9H,(H,10,11)(H,12,13). The molecule has 0 aliphatic carbocycles. The molecule has 74 valence electrons. The molecule has 0 saturated heterocycles. The van der Waals surface area contributed by atoms with Crippen molar-refractivity contribution in [3.63, 3.8) is 0 Å². The third kappa shape index (κ3) is 2.60. The van der Waals surface area contributed by atoms with Gasteiger partial charge in [-0.1, -0.05) is 0 Å². The van der Waals surface area contributed by atoms with Crippen molar-refractivity contribution in [3.8, 4) is 0 Å². The third-order valence-electron chi connectivity index (χ3n) is 1.34. The molecule has 0 spiro atoms. The SMILES string of the molecule is O=C(O)C(=CNc1cccs1)C(=O)O. The van der Waals surface area contributed by atoms with Crippen LogP contribution in [-0.4, -0.2) is 22.2 Å². The van der Waals surface area contributed by atoms with E-state index in [1.54, 1.807) is 17.5 Å². The van der Waals surface area contributed by atoms with Gasteiger partial charge in [-0.15, -0.1) is 11.3 Å². The van der Waals surface area contributed by atoms with E-state index in [4.69, 9.17) is 10.2 Å². The van der Waals surface area contributed by atoms with Crippen molar-refractivity contribution in [3.05, 3.63) is 29.3 Å². The fourth-order valence-electron chi connectivity index (χ4n) is 0.719. The smallest absolute Gasteiger partial charge is 0.344 e. The molecule has 3 N–H and O–H groups in total. The quantitative estimate of drug-likeness (QED) is 0.397. The molecule has 5 nitrogen and oxygen atoms in total. The highest BCUT2D eigenvalue weighted by Crippen LogP contribution is 2.15. The lowest BCUT2D eigenvalue weighted by Crippen LogP contribution is -2.12. The second kappa shape index (κ2) is 4.43. The van der Waals surface area contributed by atoms with Gasteiger partial charge in [0.05, 0.1) is 5.00 Å². The number of carboxylic acids is 2. The maximum absolute atomic E-state index is 10.4. The molecule has 0 aliphatic rings. The zero-order valence-electron chi connectivity index (χ0n) is 6.93. The minimum atomic E-state index is -1.47. The summed E-state index contributed by atoms with van der Waals surface area (Å²) in [5.74, 6) is -2.94. The maximum Gasteiger partial charge on any atom is 0.344 e. The Bertz CT molecular complexity index is 353. The zero-order valence-corrected chi connectivity index (χ0v) is 7.75. The number of hydrogen-bond acceptors (Lipinski definition) is 4. The maximum atomic E-state index is 10.4. The highest BCUT2D eigenvalue weighted by Gasteiger charge is 2.15. The van der Waals surface area contributed by atoms with Crippen molar-refractivity contribution in [1.29, 1.82) is 0 Å². The molecule has 0 atom stereocenters. The van der Waals surface area contributed by atoms with Crippen LogP contribution in [0.5, 0.6) is 0 Å². The van der Waals surface area contributed by atoms with Gasteiger partial charge in [0.1, 0.15) is 0 Å². The largest absolute Gasteiger partial charge is 0.477 e. The minimum absolute atomic E-state index is 0.685. The van der Waals surface area contributed by atoms with Crippen LogP contribution in [0.25, 0.3) is 0 Å². The van der Waals surface area contributed by atoms with E-state index in [0.29, 0.717) is 5.00 Å². The number of thiophene rings is 1. The Hall–Kier alpha value is -1.82. The van der Waals surface area contributed by atoms with E-state index in [-0.39, 0.29) is 0 Å². The van der Waals surface area contributed by atoms with Gasteiger partial charge in [0.2, 0.25) is 0 Å². The van der Waals surface area contributed by atoms with E-state index < -0.39 is 17.5 Å². The molecule has 1 aromatic rings. The third-order valence-corrected chi connectivity index (χ3v) is 2.14. The monoisotopic (exact) mass is 213 g/mol. The Balaban J connectivity index is 2.75. The van der Waals surface area contributed by atoms with Crippen molar-refractivity contribution in [1.82, 2.24) is 0 Å². The molecule has 0 radical (unpaired) electrons. The van der Waals surface area contributed by atoms with Gasteiger partial charge in [0, 0.05) is 6.20 Å². The fourth-order valence-corrected chi connectivity index (χ4v) is 1.31. The van der Waals surface area contributed by atoms with Gasteiger partial charge in [0.25, 0.3) is 0 Å². The summed E-state index contributed by atoms with van der Waals surface area (Å²) in [7, 11) is 0. The summed E-state index contributed by atoms with van der Waals surface area (Å²) in [5, 5.41) is 22.0. The number of carboxylic acid groups (broad SMARTS) is 2. The van der Waals surface area contributed by atoms with Crippen LogP contribution >= 0.6 is 11.3 Å². The first-order valence-electron chi connectivity index (χ1n) is 3.58. The van der Waals surface area contributed by atoms with Crippen LogP contribution < -0.4 is 5.32 Å². The van der Waals surface area contributed by atoms with Crippen LogP contribution in [0.15, 0.2) is 29.3 Å². The predicted molar refractivity (Wildman–Crippen MR) is 51.3 cm³/mol. The van der Waals surface area contributed by atoms with Gasteiger partial charge in [-0.2, -0.15) is 0 Å². The summed E-state index contributed by atoms with van der Waals surface area (Å²) in [6.07, 6.45) is 0.955. The Morgan fingerprint density at radius 1 is 1.36 bits per heavy atom. The lowest BCUT2D eigenvalue weighted by Gasteiger charge is -1.97. The highest BCUT2D eigenvalue weighted by molar-refractivity contribution is 7.14. The number of nitrogens with one attached hydrogen (secondary N) is 1. The number of carbonyl (C=O) groups is 2. The fraction of sp³-hybridized carbons (Fsp3) is 0. The summed E-state index contributed by atoms with van der Waals surface area (Å²) < 4.78 is 0. The topological polar surface area (TPSA) is 86.6 Å². The molecule has 1 aromatic heterocycles. The first-order chi connectivity index (χ1) is 6.61. The summed E-state index contributed by atoms with van der Waals surface area (Å²) in [6, 6.07) is 3.48. The number of hydrogen-bond donors (Lipinski definition) is 3. The van der Waals surface area contributed by atoms with E-state index in [0.717, 1.165) is 6.20 Å². The predicted octanol–water partition coefficient (Wildman–Crippen LogP) is 1.21. The first kappa shape index (κ1) is 10.3. The normalized spacial score (nSPS) is 9.14. The molecule has 1 rings (SSSR count). The molecule has 1 heterocycles. The summed E-state index contributed by atoms with van der Waals surface area (Å²) in [6.45, 7) is 0. The lowest BCUT2D eigenvalue weighted by atomic mass is 10.3. The molecule has 14 heavy (non-hydrogen) atoms. The van der Waals surface area contributed by atoms with Crippen molar-refractivity contribution < 1.29 is 19.8 Å². The molecule has 6 heteroatoms. The summed E-state index contributed by atoms with van der Waals surface area (Å²) in [4.78, 5) is 20.8. The van der Waals surface area contributed by atoms with Gasteiger partial charge in [0.15, 0.2) is 5.57 Å². The average molecular weight is 213 g/mol. The summed E-state index contributed by atoms with van der Waals surface area (Å²) in [5.41, 5.74) is -0.696. The molecular formula is C8H7NO4S. The molecule has 0 aromatic carbocycles. The average Bonchev–Trinajstić information content (AvgIpc) is 2.55. The molecule has 0 amide bonds. The van der Waals surface area contributed by atoms with Crippen molar-refractivity contribution in [2.24, 2.45) is 0 Å². The first-order valence-corrected chi connectivity index (χ1v) is 4.46. The van der Waals surface area contributed by atoms with Crippen molar-refractivity contribution in [2.75, 3.05) is 5.32 Å². The molecule has 0 bridgehead atoms. The van der Waals surface area contributed by atoms with Gasteiger partial charge < -0.3 is 15.5 Å². The number of anilines is 1. The van der Waals surface area contributed by atoms with E-state index in [2.05, 4.69) is 5.32 Å². The highest BCUT2D eigenvalue weighted by atomic mass is 32.1. The van der Waals surface area contributed by atoms with Gasteiger partial charge in [-0.05, 0) is 17.5 Å². The second-order valence-electron chi connectivity index (χ2n) is 2.29. The minimum Gasteiger partial charge on any atom is -0.477 e. The van der Waals surface area contributed by atoms with Crippen LogP contribution in [0.4, 0.5) is 5.00 Å². The van der Waals surface area contributed by atoms with Crippen molar-refractivity contribution >= 4 is 28.3 Å². The van der Waals surface area contributed by atoms with Gasteiger partial charge in [-0.3, -0.25) is 0 Å². The van der Waals surface area contributed by atoms with E-state index in [1.807, 2.05) is 0 Å². The van der Waals surface area contributed by atoms with Crippen LogP contribution in [0.2, 0.25) is 0 Å². The molecule has 0 unspecified atom stereocenters. The Morgan fingerprint density at radius 3 is 2.43 bits per heavy atom. The van der Waals surface area contributed by atoms with Crippen molar-refractivity contribution in [2.45, 2.75) is 0 Å². The molecule has 0 aliphatic heterocycles. The van der Waals surface area contributed by atoms with E-state index >= 15 is 0 Å². The van der Waals surface area contributed by atoms with Crippen LogP contribution in [-0.2, 0) is 9.59 Å². The summed E-state index contributed by atoms with van der Waals surface area (Å²) >= 11 is 1.35. The lowest BCUT2D eigenvalue weighted by molar-refractivity contribution is -0.140. The zero-order chi connectivity index (χ0) is 10.6. The van der Waals surface area contributed by atoms with Crippen LogP contribution in [0, 0.1) is 0 Å². The van der Waals surface area contributed by atoms with E-state index in [1.165, 1.54) is 11.3 Å². The number of rotatable bonds is 4. The van der Waals surface area contributed by atoms with Gasteiger partial charge in [-0.25, -0.2) is 9.59 Å². The van der Waals surface area contributed by atoms with Crippen LogP contribution in [0.3, 0.4) is 0 Å². The van der Waals surface area contributed by atoms with Gasteiger partial charge >= 0.3 is 11.9 Å². The molecular weight excluding hydrogens is 206 g/mol. The Labute approximate surface area is 83.3 Å². The van der Waals surface area contributed by atoms with E-state index in [9.17, 15) is 9.59 Å². The molecule has 0 fully saturated rings. The Kier molecular flexibility index (Phi) is 3.24. The van der Waals surface area contributed by atoms with Crippen LogP contribution in [0.1, 0.15) is 0 Å². The molecule has 0 saturated carbocycles. The Morgan fingerprint density at radius 2 is 2.00 bits per heavy atom. The number of aliphatic carboxylic acids is 2.